The van der Waals surface area contributed by atoms with Crippen molar-refractivity contribution in [3.63, 3.8) is 0 Å². The molecule has 0 saturated carbocycles. The van der Waals surface area contributed by atoms with E-state index in [2.05, 4.69) is 43.7 Å². The molecule has 0 aliphatic carbocycles. The van der Waals surface area contributed by atoms with Gasteiger partial charge in [-0.2, -0.15) is 0 Å². The van der Waals surface area contributed by atoms with Crippen LogP contribution in [0.1, 0.15) is 31.0 Å². The summed E-state index contributed by atoms with van der Waals surface area (Å²) in [7, 11) is 0. The number of hydrogen-bond donors (Lipinski definition) is 1. The van der Waals surface area contributed by atoms with Gasteiger partial charge in [0.05, 0.1) is 5.52 Å². The molecule has 3 nitrogen and oxygen atoms in total. The van der Waals surface area contributed by atoms with Crippen LogP contribution in [0.2, 0.25) is 0 Å². The number of nitrogens with zero attached hydrogens (tertiary/aromatic N) is 1. The smallest absolute Gasteiger partial charge is 0.120 e. The van der Waals surface area contributed by atoms with E-state index in [1.54, 1.807) is 0 Å². The van der Waals surface area contributed by atoms with Crippen molar-refractivity contribution in [2.75, 3.05) is 5.73 Å². The van der Waals surface area contributed by atoms with Crippen LogP contribution < -0.4 is 10.5 Å². The number of aryl methyl sites for hydroxylation is 1. The quantitative estimate of drug-likeness (QED) is 0.709. The number of nitrogen functional groups attached to an aromatic ring is 1. The van der Waals surface area contributed by atoms with Gasteiger partial charge in [-0.1, -0.05) is 18.2 Å². The molecule has 3 aromatic rings. The van der Waals surface area contributed by atoms with Gasteiger partial charge >= 0.3 is 0 Å². The third kappa shape index (κ3) is 2.67. The standard InChI is InChI=1S/C19H22N2O/c1-13(2)21-11-15(19-17(20)8-5-9-18(19)21)12-22-16-7-4-6-14(3)10-16/h4-11,13H,12,20H2,1-3H3. The summed E-state index contributed by atoms with van der Waals surface area (Å²) in [5, 5.41) is 1.10. The Labute approximate surface area is 131 Å². The van der Waals surface area contributed by atoms with E-state index in [1.165, 1.54) is 5.56 Å². The maximum atomic E-state index is 6.19. The van der Waals surface area contributed by atoms with Crippen LogP contribution in [0.15, 0.2) is 48.7 Å². The molecule has 114 valence electrons. The number of aromatic nitrogens is 1. The number of rotatable bonds is 4. The van der Waals surface area contributed by atoms with Crippen LogP contribution >= 0.6 is 0 Å². The Bertz CT molecular complexity index is 802. The van der Waals surface area contributed by atoms with E-state index in [4.69, 9.17) is 10.5 Å². The van der Waals surface area contributed by atoms with E-state index in [9.17, 15) is 0 Å². The summed E-state index contributed by atoms with van der Waals surface area (Å²) in [6.07, 6.45) is 2.15. The Morgan fingerprint density at radius 3 is 2.64 bits per heavy atom. The molecule has 0 aliphatic heterocycles. The second-order valence-electron chi connectivity index (χ2n) is 6.00. The lowest BCUT2D eigenvalue weighted by Gasteiger charge is -2.08. The molecule has 2 N–H and O–H groups in total. The van der Waals surface area contributed by atoms with Gasteiger partial charge in [-0.15, -0.1) is 0 Å². The summed E-state index contributed by atoms with van der Waals surface area (Å²) < 4.78 is 8.21. The minimum absolute atomic E-state index is 0.386. The SMILES string of the molecule is Cc1cccc(OCc2cn(C(C)C)c3cccc(N)c23)c1. The largest absolute Gasteiger partial charge is 0.489 e. The molecule has 0 amide bonds. The molecule has 0 radical (unpaired) electrons. The lowest BCUT2D eigenvalue weighted by atomic mass is 10.1. The van der Waals surface area contributed by atoms with Gasteiger partial charge in [0.2, 0.25) is 0 Å². The van der Waals surface area contributed by atoms with Gasteiger partial charge in [-0.05, 0) is 50.6 Å². The van der Waals surface area contributed by atoms with Crippen LogP contribution in [0.3, 0.4) is 0 Å². The number of nitrogens with two attached hydrogens (primary N) is 1. The normalized spacial score (nSPS) is 11.3. The Morgan fingerprint density at radius 1 is 1.14 bits per heavy atom. The Hall–Kier alpha value is -2.42. The van der Waals surface area contributed by atoms with Crippen molar-refractivity contribution >= 4 is 16.6 Å². The molecule has 22 heavy (non-hydrogen) atoms. The fourth-order valence-electron chi connectivity index (χ4n) is 2.83. The van der Waals surface area contributed by atoms with Crippen LogP contribution in [-0.4, -0.2) is 4.57 Å². The van der Waals surface area contributed by atoms with Crippen LogP contribution in [-0.2, 0) is 6.61 Å². The number of fused-ring (bicyclic) bond motifs is 1. The Balaban J connectivity index is 1.96. The van der Waals surface area contributed by atoms with Crippen molar-refractivity contribution in [3.8, 4) is 5.75 Å². The summed E-state index contributed by atoms with van der Waals surface area (Å²) in [6, 6.07) is 14.6. The van der Waals surface area contributed by atoms with Gasteiger partial charge in [0.25, 0.3) is 0 Å². The third-order valence-corrected chi connectivity index (χ3v) is 3.91. The van der Waals surface area contributed by atoms with E-state index in [-0.39, 0.29) is 0 Å². The van der Waals surface area contributed by atoms with Crippen molar-refractivity contribution in [1.29, 1.82) is 0 Å². The molecule has 0 bridgehead atoms. The first-order chi connectivity index (χ1) is 10.6. The third-order valence-electron chi connectivity index (χ3n) is 3.91. The van der Waals surface area contributed by atoms with E-state index >= 15 is 0 Å². The minimum Gasteiger partial charge on any atom is -0.489 e. The van der Waals surface area contributed by atoms with E-state index in [0.29, 0.717) is 12.6 Å². The summed E-state index contributed by atoms with van der Waals surface area (Å²) in [6.45, 7) is 6.94. The molecule has 2 aromatic carbocycles. The molecule has 0 unspecified atom stereocenters. The second kappa shape index (κ2) is 5.76. The zero-order chi connectivity index (χ0) is 15.7. The molecule has 0 fully saturated rings. The van der Waals surface area contributed by atoms with Gasteiger partial charge in [0.15, 0.2) is 0 Å². The number of anilines is 1. The lowest BCUT2D eigenvalue weighted by molar-refractivity contribution is 0.307. The molecule has 3 rings (SSSR count). The summed E-state index contributed by atoms with van der Waals surface area (Å²) in [5.41, 5.74) is 10.5. The number of benzene rings is 2. The van der Waals surface area contributed by atoms with Crippen molar-refractivity contribution in [2.45, 2.75) is 33.4 Å². The van der Waals surface area contributed by atoms with Crippen LogP contribution in [0.25, 0.3) is 10.9 Å². The Kier molecular flexibility index (Phi) is 3.80. The van der Waals surface area contributed by atoms with Gasteiger partial charge in [-0.25, -0.2) is 0 Å². The zero-order valence-corrected chi connectivity index (χ0v) is 13.3. The van der Waals surface area contributed by atoms with Crippen molar-refractivity contribution in [2.24, 2.45) is 0 Å². The first-order valence-electron chi connectivity index (χ1n) is 7.63. The van der Waals surface area contributed by atoms with Crippen molar-refractivity contribution < 1.29 is 4.74 Å². The van der Waals surface area contributed by atoms with Gasteiger partial charge in [-0.3, -0.25) is 0 Å². The Morgan fingerprint density at radius 2 is 1.91 bits per heavy atom. The maximum absolute atomic E-state index is 6.19. The number of ether oxygens (including phenoxy) is 1. The molecule has 1 aromatic heterocycles. The molecular weight excluding hydrogens is 272 g/mol. The zero-order valence-electron chi connectivity index (χ0n) is 13.3. The summed E-state index contributed by atoms with van der Waals surface area (Å²) >= 11 is 0. The first kappa shape index (κ1) is 14.5. The highest BCUT2D eigenvalue weighted by atomic mass is 16.5. The predicted octanol–water partition coefficient (Wildman–Crippen LogP) is 4.69. The monoisotopic (exact) mass is 294 g/mol. The fraction of sp³-hybridized carbons (Fsp3) is 0.263. The highest BCUT2D eigenvalue weighted by Crippen LogP contribution is 2.30. The lowest BCUT2D eigenvalue weighted by Crippen LogP contribution is -1.98. The molecule has 0 spiro atoms. The topological polar surface area (TPSA) is 40.2 Å². The van der Waals surface area contributed by atoms with Crippen molar-refractivity contribution in [3.05, 3.63) is 59.8 Å². The first-order valence-corrected chi connectivity index (χ1v) is 7.63. The van der Waals surface area contributed by atoms with E-state index in [1.807, 2.05) is 30.3 Å². The maximum Gasteiger partial charge on any atom is 0.120 e. The minimum atomic E-state index is 0.386. The average molecular weight is 294 g/mol. The highest BCUT2D eigenvalue weighted by Gasteiger charge is 2.13. The van der Waals surface area contributed by atoms with Crippen molar-refractivity contribution in [1.82, 2.24) is 4.57 Å². The molecule has 0 saturated heterocycles. The fourth-order valence-corrected chi connectivity index (χ4v) is 2.83. The molecule has 1 heterocycles. The number of hydrogen-bond acceptors (Lipinski definition) is 2. The van der Waals surface area contributed by atoms with Gasteiger partial charge in [0.1, 0.15) is 12.4 Å². The highest BCUT2D eigenvalue weighted by molar-refractivity contribution is 5.94. The van der Waals surface area contributed by atoms with Crippen LogP contribution in [0.4, 0.5) is 5.69 Å². The van der Waals surface area contributed by atoms with Gasteiger partial charge < -0.3 is 15.0 Å². The molecule has 0 aliphatic rings. The van der Waals surface area contributed by atoms with E-state index < -0.39 is 0 Å². The summed E-state index contributed by atoms with van der Waals surface area (Å²) in [4.78, 5) is 0. The van der Waals surface area contributed by atoms with Gasteiger partial charge in [0, 0.05) is 28.9 Å². The molecular formula is C19H22N2O. The van der Waals surface area contributed by atoms with E-state index in [0.717, 1.165) is 27.9 Å². The van der Waals surface area contributed by atoms with Crippen LogP contribution in [0, 0.1) is 6.92 Å². The average Bonchev–Trinajstić information content (AvgIpc) is 2.86. The second-order valence-corrected chi connectivity index (χ2v) is 6.00. The molecule has 0 atom stereocenters. The summed E-state index contributed by atoms with van der Waals surface area (Å²) in [5.74, 6) is 0.889. The molecule has 3 heteroatoms. The van der Waals surface area contributed by atoms with Crippen LogP contribution in [0.5, 0.6) is 5.75 Å². The predicted molar refractivity (Wildman–Crippen MR) is 92.2 cm³/mol.